The van der Waals surface area contributed by atoms with E-state index in [1.807, 2.05) is 6.07 Å². The molecule has 0 saturated carbocycles. The first-order chi connectivity index (χ1) is 13.0. The first kappa shape index (κ1) is 17.9. The topological polar surface area (TPSA) is 132 Å². The number of Topliss-reactive ketones (excluding diaryl/α,β-unsaturated/α-hetero) is 1. The zero-order chi connectivity index (χ0) is 19.4. The molecule has 0 bridgehead atoms. The van der Waals surface area contributed by atoms with E-state index in [1.54, 1.807) is 6.08 Å². The highest BCUT2D eigenvalue weighted by atomic mass is 16.6. The van der Waals surface area contributed by atoms with Crippen LogP contribution in [0.15, 0.2) is 64.3 Å². The lowest BCUT2D eigenvalue weighted by Gasteiger charge is -2.18. The van der Waals surface area contributed by atoms with Gasteiger partial charge >= 0.3 is 0 Å². The Morgan fingerprint density at radius 1 is 1.11 bits per heavy atom. The zero-order valence-electron chi connectivity index (χ0n) is 14.0. The number of allylic oxidation sites excluding steroid dienone is 2. The molecule has 2 aromatic rings. The SMILES string of the molecule is N#CC(C1=CCCC1=O)c1cc(N=Nc2ccc([N+](=O)[O-])cc2)ccc1[O-]. The summed E-state index contributed by atoms with van der Waals surface area (Å²) in [4.78, 5) is 22.1. The van der Waals surface area contributed by atoms with Crippen molar-refractivity contribution in [3.63, 3.8) is 0 Å². The Bertz CT molecular complexity index is 1000. The molecule has 27 heavy (non-hydrogen) atoms. The van der Waals surface area contributed by atoms with Crippen molar-refractivity contribution in [3.05, 3.63) is 69.8 Å². The van der Waals surface area contributed by atoms with Crippen molar-refractivity contribution in [1.29, 1.82) is 5.26 Å². The van der Waals surface area contributed by atoms with Crippen LogP contribution < -0.4 is 5.11 Å². The van der Waals surface area contributed by atoms with Gasteiger partial charge in [-0.25, -0.2) is 0 Å². The summed E-state index contributed by atoms with van der Waals surface area (Å²) in [5, 5.41) is 40.3. The third-order valence-electron chi connectivity index (χ3n) is 4.14. The fourth-order valence-corrected chi connectivity index (χ4v) is 2.78. The van der Waals surface area contributed by atoms with E-state index in [1.165, 1.54) is 42.5 Å². The van der Waals surface area contributed by atoms with Gasteiger partial charge in [0.2, 0.25) is 0 Å². The molecule has 3 rings (SSSR count). The van der Waals surface area contributed by atoms with Gasteiger partial charge < -0.3 is 5.11 Å². The Morgan fingerprint density at radius 2 is 1.78 bits per heavy atom. The summed E-state index contributed by atoms with van der Waals surface area (Å²) in [6.07, 6.45) is 2.61. The van der Waals surface area contributed by atoms with Crippen LogP contribution in [0.25, 0.3) is 0 Å². The van der Waals surface area contributed by atoms with Gasteiger partial charge in [0.15, 0.2) is 5.78 Å². The lowest BCUT2D eigenvalue weighted by Crippen LogP contribution is -2.09. The van der Waals surface area contributed by atoms with Crippen LogP contribution in [0.1, 0.15) is 24.3 Å². The van der Waals surface area contributed by atoms with Gasteiger partial charge in [-0.3, -0.25) is 14.9 Å². The van der Waals surface area contributed by atoms with Crippen molar-refractivity contribution < 1.29 is 14.8 Å². The maximum absolute atomic E-state index is 12.2. The van der Waals surface area contributed by atoms with Crippen LogP contribution in [0.3, 0.4) is 0 Å². The second-order valence-corrected chi connectivity index (χ2v) is 5.88. The van der Waals surface area contributed by atoms with Gasteiger partial charge in [-0.15, -0.1) is 5.75 Å². The molecule has 0 spiro atoms. The fraction of sp³-hybridized carbons (Fsp3) is 0.158. The van der Waals surface area contributed by atoms with Gasteiger partial charge in [-0.1, -0.05) is 12.1 Å². The zero-order valence-corrected chi connectivity index (χ0v) is 14.0. The smallest absolute Gasteiger partial charge is 0.269 e. The van der Waals surface area contributed by atoms with Gasteiger partial charge in [0.05, 0.1) is 28.3 Å². The Hall–Kier alpha value is -3.86. The third kappa shape index (κ3) is 3.88. The number of nitro groups is 1. The molecular formula is C19H13N4O4-. The summed E-state index contributed by atoms with van der Waals surface area (Å²) >= 11 is 0. The van der Waals surface area contributed by atoms with Gasteiger partial charge in [0.1, 0.15) is 0 Å². The van der Waals surface area contributed by atoms with Crippen LogP contribution in [0.5, 0.6) is 5.75 Å². The second kappa shape index (κ2) is 7.58. The molecule has 0 radical (unpaired) electrons. The highest BCUT2D eigenvalue weighted by Gasteiger charge is 2.26. The normalized spacial score (nSPS) is 14.8. The molecule has 1 aliphatic rings. The highest BCUT2D eigenvalue weighted by Crippen LogP contribution is 2.36. The minimum atomic E-state index is -0.929. The number of benzene rings is 2. The van der Waals surface area contributed by atoms with E-state index in [4.69, 9.17) is 0 Å². The monoisotopic (exact) mass is 361 g/mol. The van der Waals surface area contributed by atoms with Crippen molar-refractivity contribution in [1.82, 2.24) is 0 Å². The number of carbonyl (C=O) groups is 1. The van der Waals surface area contributed by atoms with Crippen molar-refractivity contribution in [2.45, 2.75) is 18.8 Å². The van der Waals surface area contributed by atoms with Crippen molar-refractivity contribution in [2.24, 2.45) is 10.2 Å². The molecular weight excluding hydrogens is 348 g/mol. The number of rotatable bonds is 5. The highest BCUT2D eigenvalue weighted by molar-refractivity contribution is 5.99. The molecule has 1 unspecified atom stereocenters. The summed E-state index contributed by atoms with van der Waals surface area (Å²) < 4.78 is 0. The van der Waals surface area contributed by atoms with Crippen LogP contribution in [0.2, 0.25) is 0 Å². The molecule has 0 aromatic heterocycles. The van der Waals surface area contributed by atoms with Crippen LogP contribution in [0, 0.1) is 21.4 Å². The lowest BCUT2D eigenvalue weighted by atomic mass is 9.90. The van der Waals surface area contributed by atoms with E-state index < -0.39 is 10.8 Å². The summed E-state index contributed by atoms with van der Waals surface area (Å²) in [6, 6.07) is 11.7. The predicted octanol–water partition coefficient (Wildman–Crippen LogP) is 3.98. The van der Waals surface area contributed by atoms with Crippen molar-refractivity contribution in [3.8, 4) is 11.8 Å². The summed E-state index contributed by atoms with van der Waals surface area (Å²) in [6.45, 7) is 0. The van der Waals surface area contributed by atoms with E-state index in [9.17, 15) is 25.3 Å². The molecule has 0 saturated heterocycles. The van der Waals surface area contributed by atoms with E-state index in [0.717, 1.165) is 0 Å². The van der Waals surface area contributed by atoms with Gasteiger partial charge in [0.25, 0.3) is 5.69 Å². The molecule has 0 fully saturated rings. The second-order valence-electron chi connectivity index (χ2n) is 5.88. The van der Waals surface area contributed by atoms with Gasteiger partial charge in [-0.2, -0.15) is 15.5 Å². The average molecular weight is 361 g/mol. The molecule has 1 atom stereocenters. The van der Waals surface area contributed by atoms with Crippen LogP contribution in [0.4, 0.5) is 17.1 Å². The Morgan fingerprint density at radius 3 is 2.37 bits per heavy atom. The summed E-state index contributed by atoms with van der Waals surface area (Å²) in [5.74, 6) is -1.41. The summed E-state index contributed by atoms with van der Waals surface area (Å²) in [5.41, 5.74) is 1.21. The maximum Gasteiger partial charge on any atom is 0.269 e. The fourth-order valence-electron chi connectivity index (χ4n) is 2.78. The quantitative estimate of drug-likeness (QED) is 0.451. The number of ketones is 1. The minimum Gasteiger partial charge on any atom is -0.872 e. The molecule has 0 amide bonds. The van der Waals surface area contributed by atoms with Gasteiger partial charge in [-0.05, 0) is 36.2 Å². The van der Waals surface area contributed by atoms with Crippen LogP contribution >= 0.6 is 0 Å². The minimum absolute atomic E-state index is 0.0571. The Labute approximate surface area is 154 Å². The average Bonchev–Trinajstić information content (AvgIpc) is 3.09. The molecule has 0 heterocycles. The number of carbonyl (C=O) groups excluding carboxylic acids is 1. The molecule has 0 N–H and O–H groups in total. The molecule has 8 heteroatoms. The molecule has 8 nitrogen and oxygen atoms in total. The van der Waals surface area contributed by atoms with Crippen LogP contribution in [-0.4, -0.2) is 10.7 Å². The third-order valence-corrected chi connectivity index (χ3v) is 4.14. The number of nitrogens with zero attached hydrogens (tertiary/aromatic N) is 4. The number of hydrogen-bond acceptors (Lipinski definition) is 7. The molecule has 134 valence electrons. The number of azo groups is 1. The number of nitro benzene ring substituents is 1. The summed E-state index contributed by atoms with van der Waals surface area (Å²) in [7, 11) is 0. The van der Waals surface area contributed by atoms with Crippen LogP contribution in [-0.2, 0) is 4.79 Å². The van der Waals surface area contributed by atoms with Gasteiger partial charge in [0, 0.05) is 24.1 Å². The predicted molar refractivity (Wildman–Crippen MR) is 93.8 cm³/mol. The van der Waals surface area contributed by atoms with Crippen molar-refractivity contribution >= 4 is 22.8 Å². The molecule has 0 aliphatic heterocycles. The standard InChI is InChI=1S/C19H14N4O4/c20-11-17(15-2-1-3-18(15)24)16-10-13(6-9-19(16)25)22-21-12-4-7-14(8-5-12)23(26)27/h2,4-10,17,25H,1,3H2/p-1. The first-order valence-corrected chi connectivity index (χ1v) is 8.09. The van der Waals surface area contributed by atoms with E-state index >= 15 is 0 Å². The van der Waals surface area contributed by atoms with E-state index in [2.05, 4.69) is 10.2 Å². The number of nitriles is 1. The Kier molecular flexibility index (Phi) is 5.04. The number of hydrogen-bond donors (Lipinski definition) is 0. The van der Waals surface area contributed by atoms with E-state index in [0.29, 0.717) is 29.8 Å². The maximum atomic E-state index is 12.2. The molecule has 1 aliphatic carbocycles. The first-order valence-electron chi connectivity index (χ1n) is 8.09. The number of non-ortho nitro benzene ring substituents is 1. The van der Waals surface area contributed by atoms with Crippen molar-refractivity contribution in [2.75, 3.05) is 0 Å². The van der Waals surface area contributed by atoms with E-state index in [-0.39, 0.29) is 22.8 Å². The molecule has 2 aromatic carbocycles. The largest absolute Gasteiger partial charge is 0.872 e. The lowest BCUT2D eigenvalue weighted by molar-refractivity contribution is -0.384. The Balaban J connectivity index is 1.87.